The zero-order valence-corrected chi connectivity index (χ0v) is 15.3. The van der Waals surface area contributed by atoms with Crippen molar-refractivity contribution < 1.29 is 8.78 Å². The van der Waals surface area contributed by atoms with Crippen LogP contribution in [0, 0.1) is 11.6 Å². The maximum Gasteiger partial charge on any atom is 0.191 e. The number of para-hydroxylation sites is 2. The highest BCUT2D eigenvalue weighted by Crippen LogP contribution is 2.12. The second kappa shape index (κ2) is 9.12. The molecule has 2 aromatic carbocycles. The normalized spacial score (nSPS) is 11.7. The van der Waals surface area contributed by atoms with Gasteiger partial charge in [0.2, 0.25) is 0 Å². The van der Waals surface area contributed by atoms with Gasteiger partial charge in [-0.2, -0.15) is 0 Å². The lowest BCUT2D eigenvalue weighted by molar-refractivity contribution is 0.585. The van der Waals surface area contributed by atoms with Gasteiger partial charge in [0.1, 0.15) is 11.6 Å². The van der Waals surface area contributed by atoms with Crippen LogP contribution in [-0.4, -0.2) is 28.6 Å². The molecule has 0 aliphatic carbocycles. The summed E-state index contributed by atoms with van der Waals surface area (Å²) in [6.45, 7) is 4.24. The minimum absolute atomic E-state index is 0.0745. The van der Waals surface area contributed by atoms with Gasteiger partial charge in [0, 0.05) is 25.2 Å². The molecule has 1 heterocycles. The molecule has 0 fully saturated rings. The van der Waals surface area contributed by atoms with Crippen molar-refractivity contribution in [3.8, 4) is 0 Å². The molecule has 0 atom stereocenters. The van der Waals surface area contributed by atoms with E-state index in [1.807, 2.05) is 31.5 Å². The lowest BCUT2D eigenvalue weighted by Gasteiger charge is -2.12. The fraction of sp³-hybridized carbons (Fsp3) is 0.300. The first-order chi connectivity index (χ1) is 13.2. The van der Waals surface area contributed by atoms with Gasteiger partial charge in [-0.15, -0.1) is 0 Å². The highest BCUT2D eigenvalue weighted by molar-refractivity contribution is 5.79. The van der Waals surface area contributed by atoms with Crippen molar-refractivity contribution >= 4 is 17.0 Å². The summed E-state index contributed by atoms with van der Waals surface area (Å²) in [7, 11) is 0. The van der Waals surface area contributed by atoms with Gasteiger partial charge in [0.15, 0.2) is 5.96 Å². The number of imidazole rings is 1. The molecule has 142 valence electrons. The Kier molecular flexibility index (Phi) is 6.35. The van der Waals surface area contributed by atoms with Crippen molar-refractivity contribution in [2.24, 2.45) is 4.99 Å². The van der Waals surface area contributed by atoms with Gasteiger partial charge in [-0.05, 0) is 43.7 Å². The highest BCUT2D eigenvalue weighted by Gasteiger charge is 2.05. The summed E-state index contributed by atoms with van der Waals surface area (Å²) in [6.07, 6.45) is 2.72. The van der Waals surface area contributed by atoms with E-state index in [2.05, 4.69) is 31.2 Å². The average molecular weight is 371 g/mol. The number of guanidine groups is 1. The van der Waals surface area contributed by atoms with Gasteiger partial charge in [-0.3, -0.25) is 0 Å². The summed E-state index contributed by atoms with van der Waals surface area (Å²) >= 11 is 0. The number of benzene rings is 2. The molecule has 0 amide bonds. The fourth-order valence-corrected chi connectivity index (χ4v) is 2.82. The quantitative estimate of drug-likeness (QED) is 0.380. The van der Waals surface area contributed by atoms with Crippen LogP contribution in [0.5, 0.6) is 0 Å². The molecule has 0 saturated carbocycles. The van der Waals surface area contributed by atoms with Gasteiger partial charge in [-0.1, -0.05) is 12.1 Å². The van der Waals surface area contributed by atoms with Crippen LogP contribution in [0.3, 0.4) is 0 Å². The monoisotopic (exact) mass is 371 g/mol. The topological polar surface area (TPSA) is 54.2 Å². The molecule has 0 spiro atoms. The van der Waals surface area contributed by atoms with E-state index in [1.54, 1.807) is 0 Å². The highest BCUT2D eigenvalue weighted by atomic mass is 19.1. The van der Waals surface area contributed by atoms with Crippen LogP contribution in [-0.2, 0) is 13.1 Å². The van der Waals surface area contributed by atoms with Gasteiger partial charge in [-0.25, -0.2) is 18.8 Å². The molecule has 1 aromatic heterocycles. The van der Waals surface area contributed by atoms with E-state index in [0.29, 0.717) is 19.0 Å². The SMILES string of the molecule is CCNC(=NCc1cc(F)ccc1F)NCCCn1cnc2ccccc21. The van der Waals surface area contributed by atoms with Crippen LogP contribution in [0.15, 0.2) is 53.8 Å². The minimum Gasteiger partial charge on any atom is -0.357 e. The molecule has 0 radical (unpaired) electrons. The average Bonchev–Trinajstić information content (AvgIpc) is 3.09. The Morgan fingerprint density at radius 3 is 2.85 bits per heavy atom. The number of rotatable bonds is 7. The predicted octanol–water partition coefficient (Wildman–Crippen LogP) is 3.46. The van der Waals surface area contributed by atoms with E-state index in [1.165, 1.54) is 6.07 Å². The molecule has 3 rings (SSSR count). The van der Waals surface area contributed by atoms with Crippen LogP contribution < -0.4 is 10.6 Å². The Labute approximate surface area is 157 Å². The Hall–Kier alpha value is -2.96. The summed E-state index contributed by atoms with van der Waals surface area (Å²) in [5, 5.41) is 6.34. The summed E-state index contributed by atoms with van der Waals surface area (Å²) in [5.41, 5.74) is 2.33. The molecule has 7 heteroatoms. The van der Waals surface area contributed by atoms with Crippen LogP contribution in [0.25, 0.3) is 11.0 Å². The van der Waals surface area contributed by atoms with Crippen molar-refractivity contribution in [1.29, 1.82) is 0 Å². The standard InChI is InChI=1S/C20H23F2N5/c1-2-23-20(25-13-15-12-16(21)8-9-17(15)22)24-10-5-11-27-14-26-18-6-3-4-7-19(18)27/h3-4,6-9,12,14H,2,5,10-11,13H2,1H3,(H2,23,24,25). The Morgan fingerprint density at radius 1 is 1.15 bits per heavy atom. The molecular weight excluding hydrogens is 348 g/mol. The second-order valence-corrected chi connectivity index (χ2v) is 6.14. The first-order valence-corrected chi connectivity index (χ1v) is 9.03. The number of nitrogens with zero attached hydrogens (tertiary/aromatic N) is 3. The number of hydrogen-bond acceptors (Lipinski definition) is 2. The van der Waals surface area contributed by atoms with E-state index >= 15 is 0 Å². The lowest BCUT2D eigenvalue weighted by atomic mass is 10.2. The number of halogens is 2. The van der Waals surface area contributed by atoms with Gasteiger partial charge >= 0.3 is 0 Å². The molecular formula is C20H23F2N5. The summed E-state index contributed by atoms with van der Waals surface area (Å²) in [5.74, 6) is -0.341. The molecule has 0 aliphatic rings. The summed E-state index contributed by atoms with van der Waals surface area (Å²) < 4.78 is 29.1. The number of nitrogens with one attached hydrogen (secondary N) is 2. The van der Waals surface area contributed by atoms with Crippen molar-refractivity contribution in [2.75, 3.05) is 13.1 Å². The van der Waals surface area contributed by atoms with E-state index in [9.17, 15) is 8.78 Å². The molecule has 2 N–H and O–H groups in total. The first-order valence-electron chi connectivity index (χ1n) is 9.03. The number of aryl methyl sites for hydroxylation is 1. The smallest absolute Gasteiger partial charge is 0.191 e. The zero-order chi connectivity index (χ0) is 19.1. The Morgan fingerprint density at radius 2 is 2.00 bits per heavy atom. The van der Waals surface area contributed by atoms with Gasteiger partial charge in [0.05, 0.1) is 23.9 Å². The van der Waals surface area contributed by atoms with Gasteiger partial charge in [0.25, 0.3) is 0 Å². The van der Waals surface area contributed by atoms with Crippen molar-refractivity contribution in [1.82, 2.24) is 20.2 Å². The van der Waals surface area contributed by atoms with Crippen LogP contribution in [0.2, 0.25) is 0 Å². The molecule has 27 heavy (non-hydrogen) atoms. The molecule has 0 saturated heterocycles. The molecule has 0 bridgehead atoms. The molecule has 0 aliphatic heterocycles. The van der Waals surface area contributed by atoms with Crippen molar-refractivity contribution in [2.45, 2.75) is 26.4 Å². The van der Waals surface area contributed by atoms with E-state index < -0.39 is 11.6 Å². The Balaban J connectivity index is 1.54. The third-order valence-corrected chi connectivity index (χ3v) is 4.16. The van der Waals surface area contributed by atoms with Gasteiger partial charge < -0.3 is 15.2 Å². The number of fused-ring (bicyclic) bond motifs is 1. The summed E-state index contributed by atoms with van der Waals surface area (Å²) in [6, 6.07) is 11.4. The van der Waals surface area contributed by atoms with Crippen LogP contribution in [0.4, 0.5) is 8.78 Å². The maximum atomic E-state index is 13.7. The largest absolute Gasteiger partial charge is 0.357 e. The van der Waals surface area contributed by atoms with E-state index in [-0.39, 0.29) is 12.1 Å². The van der Waals surface area contributed by atoms with Crippen LogP contribution >= 0.6 is 0 Å². The molecule has 0 unspecified atom stereocenters. The lowest BCUT2D eigenvalue weighted by Crippen LogP contribution is -2.38. The molecule has 5 nitrogen and oxygen atoms in total. The van der Waals surface area contributed by atoms with Crippen LogP contribution in [0.1, 0.15) is 18.9 Å². The number of aliphatic imine (C=N–C) groups is 1. The number of hydrogen-bond donors (Lipinski definition) is 2. The molecule has 3 aromatic rings. The van der Waals surface area contributed by atoms with E-state index in [4.69, 9.17) is 0 Å². The number of aromatic nitrogens is 2. The zero-order valence-electron chi connectivity index (χ0n) is 15.3. The maximum absolute atomic E-state index is 13.7. The third-order valence-electron chi connectivity index (χ3n) is 4.16. The second-order valence-electron chi connectivity index (χ2n) is 6.14. The fourth-order valence-electron chi connectivity index (χ4n) is 2.82. The summed E-state index contributed by atoms with van der Waals surface area (Å²) in [4.78, 5) is 8.72. The first kappa shape index (κ1) is 18.8. The van der Waals surface area contributed by atoms with Crippen molar-refractivity contribution in [3.05, 3.63) is 66.0 Å². The Bertz CT molecular complexity index is 920. The minimum atomic E-state index is -0.466. The van der Waals surface area contributed by atoms with E-state index in [0.717, 1.165) is 36.1 Å². The van der Waals surface area contributed by atoms with Crippen molar-refractivity contribution in [3.63, 3.8) is 0 Å². The predicted molar refractivity (Wildman–Crippen MR) is 104 cm³/mol. The third kappa shape index (κ3) is 5.03.